The second-order valence-electron chi connectivity index (χ2n) is 3.58. The Morgan fingerprint density at radius 3 is 2.75 bits per heavy atom. The minimum absolute atomic E-state index is 0.123. The van der Waals surface area contributed by atoms with Crippen molar-refractivity contribution >= 4 is 22.5 Å². The summed E-state index contributed by atoms with van der Waals surface area (Å²) in [6.07, 6.45) is 1.55. The average molecular weight is 239 g/mol. The minimum atomic E-state index is -0.780. The van der Waals surface area contributed by atoms with Gasteiger partial charge in [0.25, 0.3) is 5.91 Å². The van der Waals surface area contributed by atoms with E-state index in [4.69, 9.17) is 5.73 Å². The molecule has 86 valence electrons. The Kier molecular flexibility index (Phi) is 3.19. The summed E-state index contributed by atoms with van der Waals surface area (Å²) < 4.78 is 11.2. The molecule has 0 atom stereocenters. The normalized spacial score (nSPS) is 17.4. The lowest BCUT2D eigenvalue weighted by molar-refractivity contribution is 0.0772. The number of amides is 1. The number of nitrogens with zero attached hydrogens (tertiary/aromatic N) is 2. The van der Waals surface area contributed by atoms with Gasteiger partial charge in [0, 0.05) is 41.6 Å². The third-order valence-electron chi connectivity index (χ3n) is 2.53. The summed E-state index contributed by atoms with van der Waals surface area (Å²) in [6.45, 7) is 1.06. The first-order valence-electron chi connectivity index (χ1n) is 5.03. The number of nitrogens with two attached hydrogens (primary N) is 1. The maximum atomic E-state index is 12.0. The number of anilines is 1. The van der Waals surface area contributed by atoms with Gasteiger partial charge in [-0.3, -0.25) is 9.00 Å². The van der Waals surface area contributed by atoms with Gasteiger partial charge in [-0.1, -0.05) is 0 Å². The number of hydrogen-bond donors (Lipinski definition) is 1. The number of carbonyl (C=O) groups excluding carboxylic acids is 1. The van der Waals surface area contributed by atoms with Crippen LogP contribution in [0.25, 0.3) is 0 Å². The van der Waals surface area contributed by atoms with E-state index in [0.29, 0.717) is 30.2 Å². The topological polar surface area (TPSA) is 76.3 Å². The molecule has 1 aromatic rings. The van der Waals surface area contributed by atoms with Crippen molar-refractivity contribution in [1.82, 2.24) is 9.88 Å². The molecule has 16 heavy (non-hydrogen) atoms. The van der Waals surface area contributed by atoms with Crippen molar-refractivity contribution in [3.8, 4) is 0 Å². The van der Waals surface area contributed by atoms with Crippen LogP contribution in [0.3, 0.4) is 0 Å². The highest BCUT2D eigenvalue weighted by molar-refractivity contribution is 7.85. The highest BCUT2D eigenvalue weighted by Gasteiger charge is 2.22. The van der Waals surface area contributed by atoms with E-state index in [1.807, 2.05) is 0 Å². The lowest BCUT2D eigenvalue weighted by Crippen LogP contribution is -2.42. The highest BCUT2D eigenvalue weighted by atomic mass is 32.2. The summed E-state index contributed by atoms with van der Waals surface area (Å²) in [5, 5.41) is 0. The molecule has 1 amide bonds. The van der Waals surface area contributed by atoms with Gasteiger partial charge < -0.3 is 10.6 Å². The van der Waals surface area contributed by atoms with E-state index < -0.39 is 10.8 Å². The number of aromatic nitrogens is 1. The molecule has 2 rings (SSSR count). The van der Waals surface area contributed by atoms with Crippen molar-refractivity contribution in [1.29, 1.82) is 0 Å². The van der Waals surface area contributed by atoms with Crippen LogP contribution in [0.15, 0.2) is 18.3 Å². The van der Waals surface area contributed by atoms with Crippen LogP contribution in [0.1, 0.15) is 10.4 Å². The lowest BCUT2D eigenvalue weighted by Gasteiger charge is -2.26. The summed E-state index contributed by atoms with van der Waals surface area (Å²) in [4.78, 5) is 17.6. The molecular formula is C10H13N3O2S. The van der Waals surface area contributed by atoms with Crippen molar-refractivity contribution < 1.29 is 9.00 Å². The van der Waals surface area contributed by atoms with E-state index in [9.17, 15) is 9.00 Å². The zero-order valence-electron chi connectivity index (χ0n) is 8.76. The molecule has 6 heteroatoms. The first-order chi connectivity index (χ1) is 7.68. The van der Waals surface area contributed by atoms with Crippen molar-refractivity contribution in [2.24, 2.45) is 0 Å². The molecule has 0 spiro atoms. The molecule has 0 aliphatic carbocycles. The Hall–Kier alpha value is -1.43. The Balaban J connectivity index is 2.14. The van der Waals surface area contributed by atoms with Gasteiger partial charge in [-0.25, -0.2) is 4.98 Å². The number of carbonyl (C=O) groups is 1. The fraction of sp³-hybridized carbons (Fsp3) is 0.400. The molecule has 1 fully saturated rings. The number of pyridine rings is 1. The predicted octanol–water partition coefficient (Wildman–Crippen LogP) is -0.132. The quantitative estimate of drug-likeness (QED) is 0.740. The standard InChI is InChI=1S/C10H13N3O2S/c11-9-8(2-1-3-12-9)10(14)13-4-6-16(15)7-5-13/h1-3H,4-7H2,(H2,11,12). The molecule has 0 aromatic carbocycles. The first kappa shape index (κ1) is 11.1. The summed E-state index contributed by atoms with van der Waals surface area (Å²) in [5.74, 6) is 1.22. The van der Waals surface area contributed by atoms with Gasteiger partial charge in [0.1, 0.15) is 5.82 Å². The van der Waals surface area contributed by atoms with E-state index in [-0.39, 0.29) is 11.7 Å². The summed E-state index contributed by atoms with van der Waals surface area (Å²) in [7, 11) is -0.780. The monoisotopic (exact) mass is 239 g/mol. The molecule has 1 aliphatic heterocycles. The molecule has 1 saturated heterocycles. The van der Waals surface area contributed by atoms with E-state index in [2.05, 4.69) is 4.98 Å². The number of hydrogen-bond acceptors (Lipinski definition) is 4. The SMILES string of the molecule is Nc1ncccc1C(=O)N1CCS(=O)CC1. The molecule has 0 unspecified atom stereocenters. The maximum Gasteiger partial charge on any atom is 0.257 e. The third-order valence-corrected chi connectivity index (χ3v) is 3.81. The smallest absolute Gasteiger partial charge is 0.257 e. The molecule has 2 heterocycles. The Bertz CT molecular complexity index is 426. The third kappa shape index (κ3) is 2.21. The molecule has 2 N–H and O–H groups in total. The summed E-state index contributed by atoms with van der Waals surface area (Å²) in [5.41, 5.74) is 6.06. The average Bonchev–Trinajstić information content (AvgIpc) is 2.30. The van der Waals surface area contributed by atoms with Crippen LogP contribution >= 0.6 is 0 Å². The fourth-order valence-corrected chi connectivity index (χ4v) is 2.66. The van der Waals surface area contributed by atoms with Gasteiger partial charge in [0.05, 0.1) is 5.56 Å². The summed E-state index contributed by atoms with van der Waals surface area (Å²) in [6, 6.07) is 3.35. The van der Waals surface area contributed by atoms with Crippen LogP contribution in [-0.4, -0.2) is 44.6 Å². The van der Waals surface area contributed by atoms with Crippen LogP contribution < -0.4 is 5.73 Å². The van der Waals surface area contributed by atoms with Gasteiger partial charge >= 0.3 is 0 Å². The minimum Gasteiger partial charge on any atom is -0.383 e. The zero-order chi connectivity index (χ0) is 11.5. The van der Waals surface area contributed by atoms with Gasteiger partial charge in [0.2, 0.25) is 0 Å². The van der Waals surface area contributed by atoms with Crippen LogP contribution in [0.4, 0.5) is 5.82 Å². The second-order valence-corrected chi connectivity index (χ2v) is 5.27. The lowest BCUT2D eigenvalue weighted by atomic mass is 10.2. The van der Waals surface area contributed by atoms with Gasteiger partial charge in [-0.2, -0.15) is 0 Å². The van der Waals surface area contributed by atoms with E-state index in [1.165, 1.54) is 0 Å². The van der Waals surface area contributed by atoms with Gasteiger partial charge in [-0.15, -0.1) is 0 Å². The Morgan fingerprint density at radius 1 is 1.44 bits per heavy atom. The van der Waals surface area contributed by atoms with Crippen molar-refractivity contribution in [3.63, 3.8) is 0 Å². The Labute approximate surface area is 96.1 Å². The van der Waals surface area contributed by atoms with E-state index in [1.54, 1.807) is 23.2 Å². The van der Waals surface area contributed by atoms with Crippen molar-refractivity contribution in [3.05, 3.63) is 23.9 Å². The Morgan fingerprint density at radius 2 is 2.12 bits per heavy atom. The van der Waals surface area contributed by atoms with Crippen LogP contribution in [0, 0.1) is 0 Å². The molecule has 1 aromatic heterocycles. The van der Waals surface area contributed by atoms with Gasteiger partial charge in [-0.05, 0) is 12.1 Å². The second kappa shape index (κ2) is 4.61. The fourth-order valence-electron chi connectivity index (χ4n) is 1.61. The molecule has 0 saturated carbocycles. The highest BCUT2D eigenvalue weighted by Crippen LogP contribution is 2.12. The van der Waals surface area contributed by atoms with Gasteiger partial charge in [0.15, 0.2) is 0 Å². The van der Waals surface area contributed by atoms with Crippen LogP contribution in [0.2, 0.25) is 0 Å². The molecule has 5 nitrogen and oxygen atoms in total. The molecule has 0 bridgehead atoms. The first-order valence-corrected chi connectivity index (χ1v) is 6.52. The maximum absolute atomic E-state index is 12.0. The largest absolute Gasteiger partial charge is 0.383 e. The molecule has 0 radical (unpaired) electrons. The molecule has 1 aliphatic rings. The summed E-state index contributed by atoms with van der Waals surface area (Å²) >= 11 is 0. The molecular weight excluding hydrogens is 226 g/mol. The number of nitrogen functional groups attached to an aromatic ring is 1. The zero-order valence-corrected chi connectivity index (χ0v) is 9.57. The van der Waals surface area contributed by atoms with Crippen LogP contribution in [-0.2, 0) is 10.8 Å². The van der Waals surface area contributed by atoms with Crippen molar-refractivity contribution in [2.75, 3.05) is 30.3 Å². The van der Waals surface area contributed by atoms with E-state index in [0.717, 1.165) is 0 Å². The van der Waals surface area contributed by atoms with E-state index >= 15 is 0 Å². The van der Waals surface area contributed by atoms with Crippen molar-refractivity contribution in [2.45, 2.75) is 0 Å². The predicted molar refractivity (Wildman–Crippen MR) is 62.4 cm³/mol. The van der Waals surface area contributed by atoms with Crippen LogP contribution in [0.5, 0.6) is 0 Å². The number of rotatable bonds is 1.